The van der Waals surface area contributed by atoms with Gasteiger partial charge in [0, 0.05) is 6.04 Å². The summed E-state index contributed by atoms with van der Waals surface area (Å²) in [5.74, 6) is -0.268. The Morgan fingerprint density at radius 2 is 1.39 bits per heavy atom. The minimum atomic E-state index is -3.72. The average molecular weight is 401 g/mol. The molecule has 150 valence electrons. The Kier molecular flexibility index (Phi) is 7.23. The van der Waals surface area contributed by atoms with Gasteiger partial charge < -0.3 is 5.32 Å². The molecule has 6 heteroatoms. The number of nitrogens with one attached hydrogen (secondary N) is 2. The van der Waals surface area contributed by atoms with Gasteiger partial charge in [-0.3, -0.25) is 4.79 Å². The van der Waals surface area contributed by atoms with E-state index in [1.807, 2.05) is 30.3 Å². The van der Waals surface area contributed by atoms with Gasteiger partial charge in [-0.1, -0.05) is 74.6 Å². The molecule has 2 aromatic rings. The van der Waals surface area contributed by atoms with Crippen LogP contribution in [0.3, 0.4) is 0 Å². The van der Waals surface area contributed by atoms with Crippen LogP contribution in [0.15, 0.2) is 59.5 Å². The molecule has 3 rings (SSSR count). The highest BCUT2D eigenvalue weighted by Crippen LogP contribution is 2.21. The first-order chi connectivity index (χ1) is 13.5. The Balaban J connectivity index is 1.55. The second-order valence-corrected chi connectivity index (χ2v) is 9.09. The predicted molar refractivity (Wildman–Crippen MR) is 111 cm³/mol. The lowest BCUT2D eigenvalue weighted by Crippen LogP contribution is -2.42. The van der Waals surface area contributed by atoms with E-state index >= 15 is 0 Å². The van der Waals surface area contributed by atoms with E-state index < -0.39 is 10.0 Å². The monoisotopic (exact) mass is 400 g/mol. The molecule has 1 saturated carbocycles. The third-order valence-corrected chi connectivity index (χ3v) is 6.58. The van der Waals surface area contributed by atoms with Crippen molar-refractivity contribution in [2.24, 2.45) is 0 Å². The molecular weight excluding hydrogens is 372 g/mol. The maximum Gasteiger partial charge on any atom is 0.241 e. The number of carbonyl (C=O) groups is 1. The molecule has 0 saturated heterocycles. The van der Waals surface area contributed by atoms with E-state index in [9.17, 15) is 13.2 Å². The van der Waals surface area contributed by atoms with Gasteiger partial charge in [-0.25, -0.2) is 13.1 Å². The van der Waals surface area contributed by atoms with Gasteiger partial charge in [-0.05, 0) is 36.1 Å². The van der Waals surface area contributed by atoms with Crippen LogP contribution in [0.4, 0.5) is 0 Å². The molecule has 2 aromatic carbocycles. The molecule has 0 atom stereocenters. The molecule has 0 unspecified atom stereocenters. The van der Waals surface area contributed by atoms with Crippen molar-refractivity contribution < 1.29 is 13.2 Å². The van der Waals surface area contributed by atoms with Crippen molar-refractivity contribution in [2.45, 2.75) is 55.9 Å². The van der Waals surface area contributed by atoms with E-state index in [4.69, 9.17) is 0 Å². The second-order valence-electron chi connectivity index (χ2n) is 7.32. The van der Waals surface area contributed by atoms with Crippen LogP contribution < -0.4 is 10.0 Å². The number of hydrogen-bond acceptors (Lipinski definition) is 3. The van der Waals surface area contributed by atoms with Crippen molar-refractivity contribution in [3.05, 3.63) is 54.6 Å². The summed E-state index contributed by atoms with van der Waals surface area (Å²) in [5, 5.41) is 2.98. The van der Waals surface area contributed by atoms with Crippen LogP contribution in [0.25, 0.3) is 11.1 Å². The van der Waals surface area contributed by atoms with Gasteiger partial charge in [0.2, 0.25) is 15.9 Å². The lowest BCUT2D eigenvalue weighted by atomic mass is 9.97. The first kappa shape index (κ1) is 20.6. The van der Waals surface area contributed by atoms with Crippen molar-refractivity contribution in [3.63, 3.8) is 0 Å². The predicted octanol–water partition coefficient (Wildman–Crippen LogP) is 3.86. The van der Waals surface area contributed by atoms with E-state index in [-0.39, 0.29) is 23.4 Å². The Morgan fingerprint density at radius 3 is 2.04 bits per heavy atom. The standard InChI is InChI=1S/C22H28N2O3S/c25-22(24-20-11-7-2-1-3-8-12-20)17-23-28(26,27)21-15-13-19(14-16-21)18-9-5-4-6-10-18/h4-6,9-10,13-16,20,23H,1-3,7-8,11-12,17H2,(H,24,25). The van der Waals surface area contributed by atoms with Gasteiger partial charge in [-0.2, -0.15) is 0 Å². The number of rotatable bonds is 6. The van der Waals surface area contributed by atoms with Gasteiger partial charge in [0.1, 0.15) is 0 Å². The first-order valence-corrected chi connectivity index (χ1v) is 11.5. The third-order valence-electron chi connectivity index (χ3n) is 5.16. The normalized spacial score (nSPS) is 16.1. The largest absolute Gasteiger partial charge is 0.352 e. The highest BCUT2D eigenvalue weighted by atomic mass is 32.2. The Morgan fingerprint density at radius 1 is 0.821 bits per heavy atom. The van der Waals surface area contributed by atoms with Crippen molar-refractivity contribution in [1.82, 2.24) is 10.0 Å². The Hall–Kier alpha value is -2.18. The average Bonchev–Trinajstić information content (AvgIpc) is 2.69. The number of carbonyl (C=O) groups excluding carboxylic acids is 1. The molecule has 0 radical (unpaired) electrons. The molecule has 1 aliphatic carbocycles. The number of amides is 1. The van der Waals surface area contributed by atoms with Gasteiger partial charge in [-0.15, -0.1) is 0 Å². The fourth-order valence-corrected chi connectivity index (χ4v) is 4.56. The molecule has 0 aromatic heterocycles. The van der Waals surface area contributed by atoms with Crippen LogP contribution in [0.1, 0.15) is 44.9 Å². The van der Waals surface area contributed by atoms with Gasteiger partial charge in [0.05, 0.1) is 11.4 Å². The molecule has 0 spiro atoms. The molecule has 0 aliphatic heterocycles. The lowest BCUT2D eigenvalue weighted by Gasteiger charge is -2.21. The number of hydrogen-bond donors (Lipinski definition) is 2. The maximum atomic E-state index is 12.5. The summed E-state index contributed by atoms with van der Waals surface area (Å²) >= 11 is 0. The van der Waals surface area contributed by atoms with Crippen molar-refractivity contribution in [3.8, 4) is 11.1 Å². The van der Waals surface area contributed by atoms with E-state index in [0.717, 1.165) is 36.8 Å². The number of sulfonamides is 1. The smallest absolute Gasteiger partial charge is 0.241 e. The SMILES string of the molecule is O=C(CNS(=O)(=O)c1ccc(-c2ccccc2)cc1)NC1CCCCCCC1. The van der Waals surface area contributed by atoms with Gasteiger partial charge in [0.25, 0.3) is 0 Å². The summed E-state index contributed by atoms with van der Waals surface area (Å²) in [6.07, 6.45) is 7.85. The maximum absolute atomic E-state index is 12.5. The van der Waals surface area contributed by atoms with Crippen LogP contribution in [0, 0.1) is 0 Å². The van der Waals surface area contributed by atoms with Crippen LogP contribution in [-0.2, 0) is 14.8 Å². The van der Waals surface area contributed by atoms with Gasteiger partial charge in [0.15, 0.2) is 0 Å². The highest BCUT2D eigenvalue weighted by Gasteiger charge is 2.18. The molecule has 28 heavy (non-hydrogen) atoms. The second kappa shape index (κ2) is 9.85. The van der Waals surface area contributed by atoms with Crippen LogP contribution in [0.5, 0.6) is 0 Å². The van der Waals surface area contributed by atoms with Crippen LogP contribution in [0.2, 0.25) is 0 Å². The lowest BCUT2D eigenvalue weighted by molar-refractivity contribution is -0.120. The van der Waals surface area contributed by atoms with E-state index in [2.05, 4.69) is 10.0 Å². The minimum absolute atomic E-state index is 0.155. The van der Waals surface area contributed by atoms with E-state index in [0.29, 0.717) is 0 Å². The summed E-state index contributed by atoms with van der Waals surface area (Å²) in [6, 6.07) is 16.6. The summed E-state index contributed by atoms with van der Waals surface area (Å²) in [5.41, 5.74) is 1.97. The Bertz CT molecular complexity index is 856. The number of benzene rings is 2. The summed E-state index contributed by atoms with van der Waals surface area (Å²) in [6.45, 7) is -0.237. The molecule has 5 nitrogen and oxygen atoms in total. The molecule has 0 bridgehead atoms. The first-order valence-electron chi connectivity index (χ1n) is 9.99. The molecular formula is C22H28N2O3S. The van der Waals surface area contributed by atoms with Crippen molar-refractivity contribution >= 4 is 15.9 Å². The topological polar surface area (TPSA) is 75.3 Å². The fraction of sp³-hybridized carbons (Fsp3) is 0.409. The quantitative estimate of drug-likeness (QED) is 0.773. The van der Waals surface area contributed by atoms with Crippen molar-refractivity contribution in [2.75, 3.05) is 6.54 Å². The Labute approximate surface area is 167 Å². The zero-order valence-electron chi connectivity index (χ0n) is 16.1. The van der Waals surface area contributed by atoms with Crippen LogP contribution in [-0.4, -0.2) is 26.9 Å². The molecule has 2 N–H and O–H groups in total. The van der Waals surface area contributed by atoms with E-state index in [1.54, 1.807) is 24.3 Å². The van der Waals surface area contributed by atoms with Crippen molar-refractivity contribution in [1.29, 1.82) is 0 Å². The molecule has 1 aliphatic rings. The highest BCUT2D eigenvalue weighted by molar-refractivity contribution is 7.89. The third kappa shape index (κ3) is 5.91. The zero-order chi connectivity index (χ0) is 19.8. The zero-order valence-corrected chi connectivity index (χ0v) is 16.9. The summed E-state index contributed by atoms with van der Waals surface area (Å²) in [4.78, 5) is 12.3. The summed E-state index contributed by atoms with van der Waals surface area (Å²) in [7, 11) is -3.72. The van der Waals surface area contributed by atoms with E-state index in [1.165, 1.54) is 19.3 Å². The molecule has 1 amide bonds. The summed E-state index contributed by atoms with van der Waals surface area (Å²) < 4.78 is 27.4. The fourth-order valence-electron chi connectivity index (χ4n) is 3.58. The van der Waals surface area contributed by atoms with Crippen LogP contribution >= 0.6 is 0 Å². The van der Waals surface area contributed by atoms with Gasteiger partial charge >= 0.3 is 0 Å². The minimum Gasteiger partial charge on any atom is -0.352 e. The molecule has 0 heterocycles. The molecule has 1 fully saturated rings.